The maximum Gasteiger partial charge on any atom is 0.0992 e. The smallest absolute Gasteiger partial charge is 0.0992 e. The molecule has 0 amide bonds. The van der Waals surface area contributed by atoms with E-state index in [1.807, 2.05) is 12.1 Å². The molecule has 0 radical (unpaired) electrons. The fourth-order valence-corrected chi connectivity index (χ4v) is 1.56. The van der Waals surface area contributed by atoms with Crippen molar-refractivity contribution in [3.05, 3.63) is 34.3 Å². The molecule has 1 aromatic carbocycles. The fourth-order valence-electron chi connectivity index (χ4n) is 1.30. The van der Waals surface area contributed by atoms with E-state index in [2.05, 4.69) is 19.9 Å². The van der Waals surface area contributed by atoms with Gasteiger partial charge < -0.3 is 0 Å². The monoisotopic (exact) mass is 193 g/mol. The lowest BCUT2D eigenvalue weighted by molar-refractivity contribution is 0.647. The van der Waals surface area contributed by atoms with Gasteiger partial charge in [-0.3, -0.25) is 0 Å². The van der Waals surface area contributed by atoms with E-state index < -0.39 is 0 Å². The van der Waals surface area contributed by atoms with E-state index in [-0.39, 0.29) is 0 Å². The van der Waals surface area contributed by atoms with E-state index >= 15 is 0 Å². The first-order valence-corrected chi connectivity index (χ1v) is 4.69. The summed E-state index contributed by atoms with van der Waals surface area (Å²) in [5.74, 6) is 0.588. The van der Waals surface area contributed by atoms with Crippen molar-refractivity contribution >= 4 is 11.6 Å². The third kappa shape index (κ3) is 3.08. The number of hydrogen-bond donors (Lipinski definition) is 0. The van der Waals surface area contributed by atoms with Gasteiger partial charge in [0.05, 0.1) is 11.6 Å². The Hall–Kier alpha value is -1.00. The van der Waals surface area contributed by atoms with Crippen molar-refractivity contribution in [1.82, 2.24) is 0 Å². The summed E-state index contributed by atoms with van der Waals surface area (Å²) in [6, 6.07) is 7.60. The summed E-state index contributed by atoms with van der Waals surface area (Å²) < 4.78 is 0. The van der Waals surface area contributed by atoms with Gasteiger partial charge in [0.15, 0.2) is 0 Å². The molecule has 0 aliphatic rings. The Morgan fingerprint density at radius 2 is 2.08 bits per heavy atom. The normalized spacial score (nSPS) is 10.1. The van der Waals surface area contributed by atoms with Crippen molar-refractivity contribution < 1.29 is 0 Å². The summed E-state index contributed by atoms with van der Waals surface area (Å²) in [7, 11) is 0. The topological polar surface area (TPSA) is 23.8 Å². The van der Waals surface area contributed by atoms with Gasteiger partial charge >= 0.3 is 0 Å². The summed E-state index contributed by atoms with van der Waals surface area (Å²) in [5.41, 5.74) is 1.78. The Labute approximate surface area is 84.0 Å². The van der Waals surface area contributed by atoms with Crippen LogP contribution in [-0.4, -0.2) is 0 Å². The van der Waals surface area contributed by atoms with Crippen LogP contribution in [0.4, 0.5) is 0 Å². The standard InChI is InChI=1S/C11H12ClN/c1-8(2)3-9-4-10(7-13)6-11(12)5-9/h4-6,8H,3H2,1-2H3. The van der Waals surface area contributed by atoms with E-state index in [0.29, 0.717) is 16.5 Å². The third-order valence-electron chi connectivity index (χ3n) is 1.73. The molecule has 2 heteroatoms. The molecule has 1 aromatic rings. The molecule has 1 nitrogen and oxygen atoms in total. The minimum absolute atomic E-state index is 0.588. The molecule has 0 saturated heterocycles. The summed E-state index contributed by atoms with van der Waals surface area (Å²) >= 11 is 5.86. The Morgan fingerprint density at radius 3 is 2.62 bits per heavy atom. The number of benzene rings is 1. The third-order valence-corrected chi connectivity index (χ3v) is 1.95. The van der Waals surface area contributed by atoms with Crippen LogP contribution in [0.3, 0.4) is 0 Å². The molecule has 13 heavy (non-hydrogen) atoms. The van der Waals surface area contributed by atoms with E-state index in [4.69, 9.17) is 16.9 Å². The highest BCUT2D eigenvalue weighted by molar-refractivity contribution is 6.30. The van der Waals surface area contributed by atoms with Gasteiger partial charge in [-0.2, -0.15) is 5.26 Å². The Bertz CT molecular complexity index is 336. The van der Waals surface area contributed by atoms with Gasteiger partial charge in [0, 0.05) is 5.02 Å². The second kappa shape index (κ2) is 4.30. The zero-order chi connectivity index (χ0) is 9.84. The second-order valence-corrected chi connectivity index (χ2v) is 3.99. The number of halogens is 1. The minimum atomic E-state index is 0.588. The van der Waals surface area contributed by atoms with Crippen LogP contribution in [0, 0.1) is 17.2 Å². The van der Waals surface area contributed by atoms with Crippen LogP contribution in [0.1, 0.15) is 25.0 Å². The average molecular weight is 194 g/mol. The van der Waals surface area contributed by atoms with Gasteiger partial charge in [-0.25, -0.2) is 0 Å². The number of nitrogens with zero attached hydrogens (tertiary/aromatic N) is 1. The molecule has 0 bridgehead atoms. The maximum atomic E-state index is 8.71. The minimum Gasteiger partial charge on any atom is -0.192 e. The largest absolute Gasteiger partial charge is 0.192 e. The number of rotatable bonds is 2. The molecule has 0 aromatic heterocycles. The molecule has 0 heterocycles. The molecule has 0 N–H and O–H groups in total. The summed E-state index contributed by atoms with van der Waals surface area (Å²) in [4.78, 5) is 0. The molecule has 0 spiro atoms. The van der Waals surface area contributed by atoms with E-state index in [1.54, 1.807) is 6.07 Å². The Balaban J connectivity index is 2.96. The summed E-state index contributed by atoms with van der Waals surface area (Å²) in [6.45, 7) is 4.29. The number of hydrogen-bond acceptors (Lipinski definition) is 1. The lowest BCUT2D eigenvalue weighted by Crippen LogP contribution is -1.94. The van der Waals surface area contributed by atoms with Crippen molar-refractivity contribution in [1.29, 1.82) is 5.26 Å². The molecule has 0 saturated carbocycles. The van der Waals surface area contributed by atoms with Gasteiger partial charge in [-0.1, -0.05) is 25.4 Å². The van der Waals surface area contributed by atoms with Gasteiger partial charge in [0.25, 0.3) is 0 Å². The lowest BCUT2D eigenvalue weighted by atomic mass is 10.0. The van der Waals surface area contributed by atoms with Gasteiger partial charge in [-0.15, -0.1) is 0 Å². The molecule has 0 aliphatic carbocycles. The Morgan fingerprint density at radius 1 is 1.38 bits per heavy atom. The first-order chi connectivity index (χ1) is 6.11. The molecule has 68 valence electrons. The highest BCUT2D eigenvalue weighted by Gasteiger charge is 2.01. The SMILES string of the molecule is CC(C)Cc1cc(Cl)cc(C#N)c1. The molecule has 0 unspecified atom stereocenters. The molecular formula is C11H12ClN. The zero-order valence-electron chi connectivity index (χ0n) is 7.84. The van der Waals surface area contributed by atoms with Crippen LogP contribution in [0.2, 0.25) is 5.02 Å². The van der Waals surface area contributed by atoms with Crippen molar-refractivity contribution in [2.75, 3.05) is 0 Å². The molecule has 0 aliphatic heterocycles. The fraction of sp³-hybridized carbons (Fsp3) is 0.364. The molecule has 1 rings (SSSR count). The maximum absolute atomic E-state index is 8.71. The first kappa shape index (κ1) is 10.1. The Kier molecular flexibility index (Phi) is 3.33. The van der Waals surface area contributed by atoms with Crippen LogP contribution in [0.5, 0.6) is 0 Å². The summed E-state index contributed by atoms with van der Waals surface area (Å²) in [6.07, 6.45) is 0.968. The lowest BCUT2D eigenvalue weighted by Gasteiger charge is -2.05. The van der Waals surface area contributed by atoms with Crippen molar-refractivity contribution in [3.63, 3.8) is 0 Å². The number of nitriles is 1. The average Bonchev–Trinajstić information content (AvgIpc) is 2.01. The molecule has 0 fully saturated rings. The highest BCUT2D eigenvalue weighted by Crippen LogP contribution is 2.17. The van der Waals surface area contributed by atoms with Crippen molar-refractivity contribution in [2.24, 2.45) is 5.92 Å². The van der Waals surface area contributed by atoms with E-state index in [0.717, 1.165) is 12.0 Å². The van der Waals surface area contributed by atoms with Crippen LogP contribution in [0.25, 0.3) is 0 Å². The van der Waals surface area contributed by atoms with Crippen molar-refractivity contribution in [3.8, 4) is 6.07 Å². The summed E-state index contributed by atoms with van der Waals surface area (Å²) in [5, 5.41) is 9.36. The molecular weight excluding hydrogens is 182 g/mol. The first-order valence-electron chi connectivity index (χ1n) is 4.31. The van der Waals surface area contributed by atoms with E-state index in [9.17, 15) is 0 Å². The van der Waals surface area contributed by atoms with Crippen LogP contribution >= 0.6 is 11.6 Å². The predicted octanol–water partition coefficient (Wildman–Crippen LogP) is 3.41. The second-order valence-electron chi connectivity index (χ2n) is 3.56. The quantitative estimate of drug-likeness (QED) is 0.706. The van der Waals surface area contributed by atoms with Crippen LogP contribution in [-0.2, 0) is 6.42 Å². The van der Waals surface area contributed by atoms with Gasteiger partial charge in [-0.05, 0) is 36.1 Å². The highest BCUT2D eigenvalue weighted by atomic mass is 35.5. The van der Waals surface area contributed by atoms with E-state index in [1.165, 1.54) is 0 Å². The van der Waals surface area contributed by atoms with Crippen LogP contribution < -0.4 is 0 Å². The van der Waals surface area contributed by atoms with Gasteiger partial charge in [0.1, 0.15) is 0 Å². The van der Waals surface area contributed by atoms with Crippen molar-refractivity contribution in [2.45, 2.75) is 20.3 Å². The molecule has 0 atom stereocenters. The van der Waals surface area contributed by atoms with Gasteiger partial charge in [0.2, 0.25) is 0 Å². The van der Waals surface area contributed by atoms with Crippen LogP contribution in [0.15, 0.2) is 18.2 Å². The predicted molar refractivity (Wildman–Crippen MR) is 54.7 cm³/mol. The zero-order valence-corrected chi connectivity index (χ0v) is 8.60.